The van der Waals surface area contributed by atoms with Gasteiger partial charge in [0, 0.05) is 19.6 Å². The molecule has 4 rings (SSSR count). The molecule has 202 valence electrons. The van der Waals surface area contributed by atoms with Crippen LogP contribution in [0.1, 0.15) is 117 Å². The molecule has 0 bridgehead atoms. The highest BCUT2D eigenvalue weighted by atomic mass is 16.5. The highest BCUT2D eigenvalue weighted by molar-refractivity contribution is 5.74. The van der Waals surface area contributed by atoms with Crippen molar-refractivity contribution in [3.05, 3.63) is 0 Å². The summed E-state index contributed by atoms with van der Waals surface area (Å²) in [5.41, 5.74) is -0.662. The molecule has 4 fully saturated rings. The first kappa shape index (κ1) is 27.4. The minimum absolute atomic E-state index is 0.220. The number of likely N-dealkylation sites (tertiary alicyclic amines) is 1. The SMILES string of the molecule is CC(C)(C(=O)O)C1CCC(C(O)CN2CCC(OC(C3CCCCC3)C3CCCCC3)CC2)CC1. The third-order valence-corrected chi connectivity index (χ3v) is 10.4. The fourth-order valence-corrected chi connectivity index (χ4v) is 7.80. The zero-order valence-corrected chi connectivity index (χ0v) is 22.6. The van der Waals surface area contributed by atoms with E-state index in [4.69, 9.17) is 4.74 Å². The predicted molar refractivity (Wildman–Crippen MR) is 140 cm³/mol. The summed E-state index contributed by atoms with van der Waals surface area (Å²) in [5.74, 6) is 1.41. The molecule has 1 saturated heterocycles. The molecule has 0 aromatic carbocycles. The minimum Gasteiger partial charge on any atom is -0.481 e. The van der Waals surface area contributed by atoms with Gasteiger partial charge in [-0.3, -0.25) is 4.79 Å². The van der Waals surface area contributed by atoms with Gasteiger partial charge in [0.2, 0.25) is 0 Å². The molecule has 0 amide bonds. The lowest BCUT2D eigenvalue weighted by atomic mass is 9.68. The van der Waals surface area contributed by atoms with Crippen molar-refractivity contribution in [1.29, 1.82) is 0 Å². The number of carboxylic acid groups (broad SMARTS) is 1. The van der Waals surface area contributed by atoms with Gasteiger partial charge >= 0.3 is 5.97 Å². The molecule has 35 heavy (non-hydrogen) atoms. The van der Waals surface area contributed by atoms with Crippen LogP contribution >= 0.6 is 0 Å². The average molecular weight is 492 g/mol. The van der Waals surface area contributed by atoms with Gasteiger partial charge in [-0.1, -0.05) is 38.5 Å². The van der Waals surface area contributed by atoms with Gasteiger partial charge in [-0.25, -0.2) is 0 Å². The maximum atomic E-state index is 11.6. The first-order chi connectivity index (χ1) is 16.8. The quantitative estimate of drug-likeness (QED) is 0.397. The minimum atomic E-state index is -0.694. The second kappa shape index (κ2) is 12.7. The molecule has 4 aliphatic rings. The van der Waals surface area contributed by atoms with Gasteiger partial charge in [-0.15, -0.1) is 0 Å². The van der Waals surface area contributed by atoms with Gasteiger partial charge in [0.05, 0.1) is 23.7 Å². The summed E-state index contributed by atoms with van der Waals surface area (Å²) < 4.78 is 6.97. The van der Waals surface area contributed by atoms with Gasteiger partial charge in [0.1, 0.15) is 0 Å². The van der Waals surface area contributed by atoms with Crippen LogP contribution in [0.2, 0.25) is 0 Å². The molecule has 3 saturated carbocycles. The predicted octanol–water partition coefficient (Wildman–Crippen LogP) is 6.27. The molecule has 2 N–H and O–H groups in total. The van der Waals surface area contributed by atoms with Crippen LogP contribution in [-0.4, -0.2) is 59.0 Å². The fourth-order valence-electron chi connectivity index (χ4n) is 7.80. The Labute approximate surface area is 214 Å². The second-order valence-corrected chi connectivity index (χ2v) is 13.1. The molecule has 1 aliphatic heterocycles. The van der Waals surface area contributed by atoms with Crippen molar-refractivity contribution in [1.82, 2.24) is 4.90 Å². The van der Waals surface area contributed by atoms with Crippen LogP contribution < -0.4 is 0 Å². The second-order valence-electron chi connectivity index (χ2n) is 13.1. The number of β-amino-alcohol motifs (C(OH)–C–C–N with tert-alkyl or cyclic N) is 1. The molecule has 0 radical (unpaired) electrons. The molecule has 0 aromatic heterocycles. The maximum absolute atomic E-state index is 11.6. The van der Waals surface area contributed by atoms with Crippen LogP contribution in [0.4, 0.5) is 0 Å². The van der Waals surface area contributed by atoms with Gasteiger partial charge < -0.3 is 19.8 Å². The Hall–Kier alpha value is -0.650. The number of aliphatic hydroxyl groups is 1. The number of carbonyl (C=O) groups is 1. The number of ether oxygens (including phenoxy) is 1. The maximum Gasteiger partial charge on any atom is 0.309 e. The van der Waals surface area contributed by atoms with E-state index in [1.54, 1.807) is 0 Å². The van der Waals surface area contributed by atoms with Crippen molar-refractivity contribution in [3.63, 3.8) is 0 Å². The molecule has 5 heteroatoms. The lowest BCUT2D eigenvalue weighted by Crippen LogP contribution is -2.46. The van der Waals surface area contributed by atoms with Crippen LogP contribution in [0, 0.1) is 29.1 Å². The number of piperidine rings is 1. The molecule has 3 aliphatic carbocycles. The van der Waals surface area contributed by atoms with Crippen LogP contribution in [0.15, 0.2) is 0 Å². The summed E-state index contributed by atoms with van der Waals surface area (Å²) in [6.07, 6.45) is 20.4. The smallest absolute Gasteiger partial charge is 0.309 e. The molecular formula is C30H53NO4. The molecular weight excluding hydrogens is 438 g/mol. The first-order valence-corrected chi connectivity index (χ1v) is 15.1. The summed E-state index contributed by atoms with van der Waals surface area (Å²) in [5, 5.41) is 20.5. The lowest BCUT2D eigenvalue weighted by molar-refractivity contribution is -0.151. The van der Waals surface area contributed by atoms with Crippen molar-refractivity contribution in [2.75, 3.05) is 19.6 Å². The van der Waals surface area contributed by atoms with Crippen LogP contribution in [0.25, 0.3) is 0 Å². The van der Waals surface area contributed by atoms with Crippen LogP contribution in [-0.2, 0) is 9.53 Å². The highest BCUT2D eigenvalue weighted by Gasteiger charge is 2.40. The number of carboxylic acids is 1. The van der Waals surface area contributed by atoms with Crippen molar-refractivity contribution in [2.24, 2.45) is 29.1 Å². The molecule has 1 heterocycles. The van der Waals surface area contributed by atoms with Gasteiger partial charge in [0.15, 0.2) is 0 Å². The van der Waals surface area contributed by atoms with Gasteiger partial charge in [-0.2, -0.15) is 0 Å². The van der Waals surface area contributed by atoms with E-state index in [9.17, 15) is 15.0 Å². The normalized spacial score (nSPS) is 29.9. The van der Waals surface area contributed by atoms with Crippen molar-refractivity contribution < 1.29 is 19.7 Å². The Morgan fingerprint density at radius 3 is 1.80 bits per heavy atom. The van der Waals surface area contributed by atoms with E-state index < -0.39 is 11.4 Å². The van der Waals surface area contributed by atoms with Crippen molar-refractivity contribution in [3.8, 4) is 0 Å². The zero-order valence-electron chi connectivity index (χ0n) is 22.6. The summed E-state index contributed by atoms with van der Waals surface area (Å²) in [6.45, 7) is 6.54. The standard InChI is InChI=1S/C30H53NO4/c1-30(2,29(33)34)25-15-13-22(14-16-25)27(32)21-31-19-17-26(18-20-31)35-28(23-9-5-3-6-10-23)24-11-7-4-8-12-24/h22-28,32H,3-21H2,1-2H3,(H,33,34). The van der Waals surface area contributed by atoms with E-state index >= 15 is 0 Å². The van der Waals surface area contributed by atoms with Crippen LogP contribution in [0.3, 0.4) is 0 Å². The Morgan fingerprint density at radius 2 is 1.31 bits per heavy atom. The number of aliphatic hydroxyl groups excluding tert-OH is 1. The summed E-state index contributed by atoms with van der Waals surface area (Å²) in [7, 11) is 0. The van der Waals surface area contributed by atoms with Crippen LogP contribution in [0.5, 0.6) is 0 Å². The third-order valence-electron chi connectivity index (χ3n) is 10.4. The number of hydrogen-bond acceptors (Lipinski definition) is 4. The lowest BCUT2D eigenvalue weighted by Gasteiger charge is -2.42. The molecule has 1 atom stereocenters. The van der Waals surface area contributed by atoms with E-state index in [2.05, 4.69) is 4.90 Å². The number of hydrogen-bond donors (Lipinski definition) is 2. The molecule has 0 aromatic rings. The number of rotatable bonds is 9. The van der Waals surface area contributed by atoms with Gasteiger partial charge in [0.25, 0.3) is 0 Å². The highest BCUT2D eigenvalue weighted by Crippen LogP contribution is 2.42. The number of aliphatic carboxylic acids is 1. The van der Waals surface area contributed by atoms with E-state index in [0.29, 0.717) is 18.1 Å². The molecule has 1 unspecified atom stereocenters. The monoisotopic (exact) mass is 491 g/mol. The zero-order chi connectivity index (χ0) is 24.8. The molecule has 0 spiro atoms. The van der Waals surface area contributed by atoms with E-state index in [0.717, 1.165) is 70.0 Å². The van der Waals surface area contributed by atoms with Crippen molar-refractivity contribution in [2.45, 2.75) is 135 Å². The van der Waals surface area contributed by atoms with E-state index in [1.165, 1.54) is 64.2 Å². The third kappa shape index (κ3) is 7.23. The molecule has 5 nitrogen and oxygen atoms in total. The Bertz CT molecular complexity index is 621. The van der Waals surface area contributed by atoms with E-state index in [-0.39, 0.29) is 12.0 Å². The summed E-state index contributed by atoms with van der Waals surface area (Å²) in [6, 6.07) is 0. The Morgan fingerprint density at radius 1 is 0.800 bits per heavy atom. The Kier molecular flexibility index (Phi) is 9.97. The van der Waals surface area contributed by atoms with Gasteiger partial charge in [-0.05, 0) is 102 Å². The summed E-state index contributed by atoms with van der Waals surface area (Å²) >= 11 is 0. The fraction of sp³-hybridized carbons (Fsp3) is 0.967. The van der Waals surface area contributed by atoms with Crippen molar-refractivity contribution >= 4 is 5.97 Å². The average Bonchev–Trinajstić information content (AvgIpc) is 2.89. The largest absolute Gasteiger partial charge is 0.481 e. The van der Waals surface area contributed by atoms with E-state index in [1.807, 2.05) is 13.8 Å². The Balaban J connectivity index is 1.21. The topological polar surface area (TPSA) is 70.0 Å². The number of nitrogens with zero attached hydrogens (tertiary/aromatic N) is 1. The summed E-state index contributed by atoms with van der Waals surface area (Å²) in [4.78, 5) is 14.1. The first-order valence-electron chi connectivity index (χ1n) is 15.1.